The van der Waals surface area contributed by atoms with Crippen LogP contribution in [0.2, 0.25) is 0 Å². The monoisotopic (exact) mass is 343 g/mol. The highest BCUT2D eigenvalue weighted by atomic mass is 35.5. The second kappa shape index (κ2) is 9.75. The Morgan fingerprint density at radius 2 is 2.00 bits per heavy atom. The van der Waals surface area contributed by atoms with Crippen molar-refractivity contribution < 1.29 is 19.0 Å². The van der Waals surface area contributed by atoms with Crippen LogP contribution in [0.4, 0.5) is 0 Å². The highest BCUT2D eigenvalue weighted by Gasteiger charge is 2.32. The molecule has 0 aromatic heterocycles. The number of hydrogen-bond acceptors (Lipinski definition) is 5. The van der Waals surface area contributed by atoms with Gasteiger partial charge in [-0.2, -0.15) is 0 Å². The van der Waals surface area contributed by atoms with Gasteiger partial charge in [-0.1, -0.05) is 25.1 Å². The van der Waals surface area contributed by atoms with E-state index in [-0.39, 0.29) is 37.1 Å². The molecule has 1 aliphatic heterocycles. The number of benzene rings is 1. The Balaban J connectivity index is 0.00000264. The van der Waals surface area contributed by atoms with E-state index in [1.807, 2.05) is 37.3 Å². The lowest BCUT2D eigenvalue weighted by Crippen LogP contribution is -2.46. The zero-order chi connectivity index (χ0) is 15.9. The minimum absolute atomic E-state index is 0. The lowest BCUT2D eigenvalue weighted by Gasteiger charge is -2.33. The summed E-state index contributed by atoms with van der Waals surface area (Å²) in [6, 6.07) is 8.86. The van der Waals surface area contributed by atoms with Crippen LogP contribution in [0.25, 0.3) is 0 Å². The van der Waals surface area contributed by atoms with Gasteiger partial charge in [-0.25, -0.2) is 0 Å². The van der Waals surface area contributed by atoms with Crippen LogP contribution in [0.3, 0.4) is 0 Å². The number of carbonyl (C=O) groups excluding carboxylic acids is 1. The maximum absolute atomic E-state index is 12.0. The topological polar surface area (TPSA) is 70.8 Å². The number of halogens is 1. The van der Waals surface area contributed by atoms with E-state index in [4.69, 9.17) is 19.9 Å². The third-order valence-electron chi connectivity index (χ3n) is 4.00. The van der Waals surface area contributed by atoms with Crippen LogP contribution < -0.4 is 10.5 Å². The summed E-state index contributed by atoms with van der Waals surface area (Å²) in [5.41, 5.74) is 5.76. The molecule has 1 heterocycles. The molecule has 1 fully saturated rings. The Bertz CT molecular complexity index is 471. The summed E-state index contributed by atoms with van der Waals surface area (Å²) >= 11 is 0. The van der Waals surface area contributed by atoms with E-state index in [9.17, 15) is 4.79 Å². The van der Waals surface area contributed by atoms with Gasteiger partial charge in [0.05, 0.1) is 6.61 Å². The van der Waals surface area contributed by atoms with Gasteiger partial charge < -0.3 is 19.9 Å². The fraction of sp³-hybridized carbons (Fsp3) is 0.588. The van der Waals surface area contributed by atoms with Crippen LogP contribution in [0.1, 0.15) is 26.7 Å². The maximum atomic E-state index is 12.0. The zero-order valence-corrected chi connectivity index (χ0v) is 14.5. The first-order valence-corrected chi connectivity index (χ1v) is 7.87. The Morgan fingerprint density at radius 1 is 1.30 bits per heavy atom. The van der Waals surface area contributed by atoms with Crippen LogP contribution >= 0.6 is 12.4 Å². The Morgan fingerprint density at radius 3 is 2.65 bits per heavy atom. The predicted octanol–water partition coefficient (Wildman–Crippen LogP) is 2.56. The van der Waals surface area contributed by atoms with Crippen molar-refractivity contribution in [3.63, 3.8) is 0 Å². The molecule has 0 aliphatic carbocycles. The summed E-state index contributed by atoms with van der Waals surface area (Å²) in [6.45, 7) is 4.74. The van der Waals surface area contributed by atoms with E-state index >= 15 is 0 Å². The summed E-state index contributed by atoms with van der Waals surface area (Å²) < 4.78 is 17.1. The van der Waals surface area contributed by atoms with Crippen molar-refractivity contribution in [2.45, 2.75) is 44.9 Å². The summed E-state index contributed by atoms with van der Waals surface area (Å²) in [4.78, 5) is 12.0. The molecule has 0 unspecified atom stereocenters. The third kappa shape index (κ3) is 5.68. The Hall–Kier alpha value is -1.30. The third-order valence-corrected chi connectivity index (χ3v) is 4.00. The highest BCUT2D eigenvalue weighted by Crippen LogP contribution is 2.25. The number of carbonyl (C=O) groups is 1. The average molecular weight is 344 g/mol. The molecule has 5 nitrogen and oxygen atoms in total. The van der Waals surface area contributed by atoms with Gasteiger partial charge in [0.2, 0.25) is 0 Å². The van der Waals surface area contributed by atoms with E-state index < -0.39 is 12.0 Å². The molecule has 0 radical (unpaired) electrons. The minimum Gasteiger partial charge on any atom is -0.486 e. The molecule has 0 amide bonds. The van der Waals surface area contributed by atoms with Gasteiger partial charge in [0, 0.05) is 12.5 Å². The van der Waals surface area contributed by atoms with Crippen molar-refractivity contribution in [2.24, 2.45) is 11.7 Å². The summed E-state index contributed by atoms with van der Waals surface area (Å²) in [7, 11) is 0. The first-order chi connectivity index (χ1) is 10.6. The molecule has 1 aromatic carbocycles. The standard InChI is InChI=1S/C17H25NO4.ClH/c1-3-13-9-10-20-11-15(18)17(19)21-12(2)16(13)22-14-7-5-4-6-8-14;/h4-8,12-13,15-16H,3,9-11,18H2,1-2H3;1H/t12-,13-,15-,16-;/m0./s1. The number of nitrogens with two attached hydrogens (primary N) is 1. The van der Waals surface area contributed by atoms with Crippen LogP contribution in [-0.4, -0.2) is 37.4 Å². The average Bonchev–Trinajstić information content (AvgIpc) is 2.53. The maximum Gasteiger partial charge on any atom is 0.325 e. The van der Waals surface area contributed by atoms with E-state index in [0.29, 0.717) is 6.61 Å². The van der Waals surface area contributed by atoms with Crippen LogP contribution in [0.15, 0.2) is 30.3 Å². The van der Waals surface area contributed by atoms with Gasteiger partial charge in [0.25, 0.3) is 0 Å². The zero-order valence-electron chi connectivity index (χ0n) is 13.6. The second-order valence-electron chi connectivity index (χ2n) is 5.68. The second-order valence-corrected chi connectivity index (χ2v) is 5.68. The molecule has 0 spiro atoms. The van der Waals surface area contributed by atoms with Crippen LogP contribution in [0.5, 0.6) is 5.75 Å². The minimum atomic E-state index is -0.738. The van der Waals surface area contributed by atoms with Crippen molar-refractivity contribution in [1.82, 2.24) is 0 Å². The number of rotatable bonds is 3. The molecular formula is C17H26ClNO4. The molecule has 1 aliphatic rings. The van der Waals surface area contributed by atoms with Crippen molar-refractivity contribution in [3.05, 3.63) is 30.3 Å². The molecule has 2 rings (SSSR count). The summed E-state index contributed by atoms with van der Waals surface area (Å²) in [6.07, 6.45) is 1.20. The van der Waals surface area contributed by atoms with Gasteiger partial charge in [-0.05, 0) is 31.9 Å². The molecule has 23 heavy (non-hydrogen) atoms. The van der Waals surface area contributed by atoms with Gasteiger partial charge in [0.1, 0.15) is 24.0 Å². The Kier molecular flexibility index (Phi) is 8.37. The van der Waals surface area contributed by atoms with Crippen molar-refractivity contribution in [2.75, 3.05) is 13.2 Å². The number of para-hydroxylation sites is 1. The predicted molar refractivity (Wildman–Crippen MR) is 90.9 cm³/mol. The molecule has 1 saturated heterocycles. The van der Waals surface area contributed by atoms with Gasteiger partial charge in [-0.3, -0.25) is 4.79 Å². The van der Waals surface area contributed by atoms with E-state index in [1.54, 1.807) is 0 Å². The van der Waals surface area contributed by atoms with E-state index in [1.165, 1.54) is 0 Å². The van der Waals surface area contributed by atoms with Gasteiger partial charge >= 0.3 is 5.97 Å². The smallest absolute Gasteiger partial charge is 0.325 e. The van der Waals surface area contributed by atoms with Crippen LogP contribution in [-0.2, 0) is 14.3 Å². The van der Waals surface area contributed by atoms with Crippen molar-refractivity contribution >= 4 is 18.4 Å². The van der Waals surface area contributed by atoms with Crippen molar-refractivity contribution in [1.29, 1.82) is 0 Å². The SMILES string of the molecule is CC[C@H]1CCOC[C@H](N)C(=O)O[C@@H](C)[C@@H]1Oc1ccccc1.Cl. The fourth-order valence-corrected chi connectivity index (χ4v) is 2.68. The molecular weight excluding hydrogens is 318 g/mol. The molecule has 0 bridgehead atoms. The first kappa shape index (κ1) is 19.7. The summed E-state index contributed by atoms with van der Waals surface area (Å²) in [5, 5.41) is 0. The van der Waals surface area contributed by atoms with Crippen molar-refractivity contribution in [3.8, 4) is 5.75 Å². The molecule has 4 atom stereocenters. The molecule has 1 aromatic rings. The van der Waals surface area contributed by atoms with E-state index in [0.717, 1.165) is 18.6 Å². The van der Waals surface area contributed by atoms with Gasteiger partial charge in [0.15, 0.2) is 0 Å². The van der Waals surface area contributed by atoms with Crippen LogP contribution in [0, 0.1) is 5.92 Å². The van der Waals surface area contributed by atoms with E-state index in [2.05, 4.69) is 6.92 Å². The van der Waals surface area contributed by atoms with Gasteiger partial charge in [-0.15, -0.1) is 12.4 Å². The normalized spacial score (nSPS) is 29.1. The highest BCUT2D eigenvalue weighted by molar-refractivity contribution is 5.85. The Labute approximate surface area is 143 Å². The number of ether oxygens (including phenoxy) is 3. The number of cyclic esters (lactones) is 1. The number of hydrogen-bond donors (Lipinski definition) is 1. The largest absolute Gasteiger partial charge is 0.486 e. The molecule has 2 N–H and O–H groups in total. The first-order valence-electron chi connectivity index (χ1n) is 7.87. The number of esters is 1. The fourth-order valence-electron chi connectivity index (χ4n) is 2.68. The molecule has 0 saturated carbocycles. The molecule has 130 valence electrons. The lowest BCUT2D eigenvalue weighted by molar-refractivity contribution is -0.159. The summed E-state index contributed by atoms with van der Waals surface area (Å²) in [5.74, 6) is 0.583. The quantitative estimate of drug-likeness (QED) is 0.854. The lowest BCUT2D eigenvalue weighted by atomic mass is 9.92. The molecule has 6 heteroatoms.